The van der Waals surface area contributed by atoms with Gasteiger partial charge in [0, 0.05) is 24.2 Å². The SMILES string of the molecule is Br.CCC1CN2CCC1CC2C(O)c1ccnc2ccc(OC)cc12.O.O. The summed E-state index contributed by atoms with van der Waals surface area (Å²) in [4.78, 5) is 6.94. The summed E-state index contributed by atoms with van der Waals surface area (Å²) in [5, 5.41) is 12.2. The van der Waals surface area contributed by atoms with Crippen LogP contribution in [-0.2, 0) is 0 Å². The van der Waals surface area contributed by atoms with Crippen LogP contribution in [0.25, 0.3) is 10.9 Å². The number of pyridine rings is 1. The van der Waals surface area contributed by atoms with Crippen LogP contribution in [0.2, 0.25) is 0 Å². The molecule has 1 aromatic carbocycles. The Hall–Kier alpha value is -1.25. The van der Waals surface area contributed by atoms with E-state index in [0.717, 1.165) is 53.6 Å². The van der Waals surface area contributed by atoms with Crippen LogP contribution in [0.5, 0.6) is 5.75 Å². The highest BCUT2D eigenvalue weighted by molar-refractivity contribution is 8.93. The number of aliphatic hydroxyl groups excluding tert-OH is 1. The van der Waals surface area contributed by atoms with E-state index < -0.39 is 6.10 Å². The number of methoxy groups -OCH3 is 1. The zero-order chi connectivity index (χ0) is 16.7. The lowest BCUT2D eigenvalue weighted by Gasteiger charge is -2.51. The molecule has 3 saturated heterocycles. The first-order valence-corrected chi connectivity index (χ1v) is 9.06. The minimum atomic E-state index is -0.469. The summed E-state index contributed by atoms with van der Waals surface area (Å²) in [5.74, 6) is 2.37. The van der Waals surface area contributed by atoms with Crippen LogP contribution in [0.3, 0.4) is 0 Å². The van der Waals surface area contributed by atoms with Gasteiger partial charge in [-0.15, -0.1) is 17.0 Å². The Morgan fingerprint density at radius 2 is 2.07 bits per heavy atom. The standard InChI is InChI=1S/C20H26N2O2.BrH.2H2O/c1-3-13-12-22-9-7-14(13)10-19(22)20(23)16-6-8-21-18-5-4-15(24-2)11-17(16)18;;;/h4-6,8,11,13-14,19-20,23H,3,7,9-10,12H2,1-2H3;1H;2*1H2. The van der Waals surface area contributed by atoms with Crippen LogP contribution >= 0.6 is 17.0 Å². The number of nitrogens with zero attached hydrogens (tertiary/aromatic N) is 2. The predicted octanol–water partition coefficient (Wildman–Crippen LogP) is 2.33. The molecule has 27 heavy (non-hydrogen) atoms. The number of piperidine rings is 3. The number of ether oxygens (including phenoxy) is 1. The van der Waals surface area contributed by atoms with Crippen molar-refractivity contribution in [2.45, 2.75) is 38.3 Å². The molecule has 152 valence electrons. The molecule has 2 bridgehead atoms. The molecule has 4 heterocycles. The van der Waals surface area contributed by atoms with Crippen LogP contribution in [0.4, 0.5) is 0 Å². The van der Waals surface area contributed by atoms with Crippen molar-refractivity contribution in [1.29, 1.82) is 0 Å². The van der Waals surface area contributed by atoms with Gasteiger partial charge >= 0.3 is 0 Å². The average Bonchev–Trinajstić information content (AvgIpc) is 2.66. The molecule has 1 aromatic heterocycles. The minimum Gasteiger partial charge on any atom is -0.497 e. The summed E-state index contributed by atoms with van der Waals surface area (Å²) in [7, 11) is 1.67. The van der Waals surface area contributed by atoms with Gasteiger partial charge in [0.2, 0.25) is 0 Å². The summed E-state index contributed by atoms with van der Waals surface area (Å²) in [6, 6.07) is 8.07. The number of halogens is 1. The number of hydrogen-bond acceptors (Lipinski definition) is 4. The first kappa shape index (κ1) is 23.8. The van der Waals surface area contributed by atoms with Gasteiger partial charge in [0.05, 0.1) is 18.7 Å². The van der Waals surface area contributed by atoms with E-state index in [1.807, 2.05) is 24.3 Å². The van der Waals surface area contributed by atoms with E-state index in [1.54, 1.807) is 13.3 Å². The Kier molecular flexibility index (Phi) is 8.63. The van der Waals surface area contributed by atoms with E-state index in [2.05, 4.69) is 16.8 Å². The van der Waals surface area contributed by atoms with Crippen LogP contribution in [-0.4, -0.2) is 52.2 Å². The second-order valence-electron chi connectivity index (χ2n) is 7.24. The molecule has 0 aliphatic carbocycles. The lowest BCUT2D eigenvalue weighted by Crippen LogP contribution is -2.55. The summed E-state index contributed by atoms with van der Waals surface area (Å²) >= 11 is 0. The fraction of sp³-hybridized carbons (Fsp3) is 0.550. The van der Waals surface area contributed by atoms with Crippen molar-refractivity contribution >= 4 is 27.9 Å². The molecule has 5 atom stereocenters. The van der Waals surface area contributed by atoms with E-state index in [1.165, 1.54) is 12.8 Å². The molecule has 5 N–H and O–H groups in total. The van der Waals surface area contributed by atoms with Gasteiger partial charge in [-0.1, -0.05) is 13.3 Å². The number of hydrogen-bond donors (Lipinski definition) is 1. The number of aromatic nitrogens is 1. The Morgan fingerprint density at radius 1 is 1.30 bits per heavy atom. The van der Waals surface area contributed by atoms with Crippen molar-refractivity contribution in [3.63, 3.8) is 0 Å². The van der Waals surface area contributed by atoms with Gasteiger partial charge in [0.25, 0.3) is 0 Å². The zero-order valence-electron chi connectivity index (χ0n) is 15.9. The van der Waals surface area contributed by atoms with Gasteiger partial charge in [0.15, 0.2) is 0 Å². The second-order valence-corrected chi connectivity index (χ2v) is 7.24. The van der Waals surface area contributed by atoms with E-state index >= 15 is 0 Å². The van der Waals surface area contributed by atoms with Gasteiger partial charge in [-0.3, -0.25) is 9.88 Å². The maximum atomic E-state index is 11.2. The van der Waals surface area contributed by atoms with Crippen LogP contribution in [0.15, 0.2) is 30.5 Å². The Labute approximate surface area is 170 Å². The zero-order valence-corrected chi connectivity index (χ0v) is 17.6. The smallest absolute Gasteiger partial charge is 0.119 e. The monoisotopic (exact) mass is 442 g/mol. The van der Waals surface area contributed by atoms with Crippen LogP contribution in [0, 0.1) is 11.8 Å². The van der Waals surface area contributed by atoms with E-state index in [0.29, 0.717) is 0 Å². The van der Waals surface area contributed by atoms with E-state index in [9.17, 15) is 5.11 Å². The number of benzene rings is 1. The third-order valence-electron chi connectivity index (χ3n) is 6.13. The third kappa shape index (κ3) is 4.27. The Bertz CT molecular complexity index is 745. The van der Waals surface area contributed by atoms with Gasteiger partial charge in [0.1, 0.15) is 5.75 Å². The molecule has 3 aliphatic heterocycles. The molecule has 6 nitrogen and oxygen atoms in total. The molecule has 5 rings (SSSR count). The molecular weight excluding hydrogens is 412 g/mol. The van der Waals surface area contributed by atoms with Gasteiger partial charge in [-0.2, -0.15) is 0 Å². The van der Waals surface area contributed by atoms with Crippen molar-refractivity contribution in [3.8, 4) is 5.75 Å². The quantitative estimate of drug-likeness (QED) is 0.782. The molecular formula is C20H31BrN2O4. The molecule has 0 radical (unpaired) electrons. The van der Waals surface area contributed by atoms with E-state index in [4.69, 9.17) is 4.74 Å². The minimum absolute atomic E-state index is 0. The third-order valence-corrected chi connectivity index (χ3v) is 6.13. The fourth-order valence-corrected chi connectivity index (χ4v) is 4.71. The van der Waals surface area contributed by atoms with Crippen LogP contribution < -0.4 is 4.74 Å². The topological polar surface area (TPSA) is 109 Å². The fourth-order valence-electron chi connectivity index (χ4n) is 4.71. The number of aliphatic hydroxyl groups is 1. The largest absolute Gasteiger partial charge is 0.497 e. The second kappa shape index (κ2) is 9.80. The molecule has 3 aliphatic rings. The van der Waals surface area contributed by atoms with E-state index in [-0.39, 0.29) is 34.0 Å². The molecule has 0 amide bonds. The van der Waals surface area contributed by atoms with Crippen molar-refractivity contribution < 1.29 is 20.8 Å². The van der Waals surface area contributed by atoms with Crippen molar-refractivity contribution in [2.24, 2.45) is 11.8 Å². The maximum Gasteiger partial charge on any atom is 0.119 e. The summed E-state index contributed by atoms with van der Waals surface area (Å²) in [6.45, 7) is 4.55. The highest BCUT2D eigenvalue weighted by Crippen LogP contribution is 2.42. The molecule has 2 aromatic rings. The highest BCUT2D eigenvalue weighted by atomic mass is 79.9. The first-order chi connectivity index (χ1) is 11.7. The molecule has 7 heteroatoms. The predicted molar refractivity (Wildman–Crippen MR) is 113 cm³/mol. The first-order valence-electron chi connectivity index (χ1n) is 9.06. The van der Waals surface area contributed by atoms with Gasteiger partial charge in [-0.25, -0.2) is 0 Å². The van der Waals surface area contributed by atoms with Crippen molar-refractivity contribution in [1.82, 2.24) is 9.88 Å². The number of fused-ring (bicyclic) bond motifs is 4. The average molecular weight is 443 g/mol. The van der Waals surface area contributed by atoms with Gasteiger partial charge in [-0.05, 0) is 61.1 Å². The Morgan fingerprint density at radius 3 is 2.70 bits per heavy atom. The lowest BCUT2D eigenvalue weighted by molar-refractivity contribution is -0.0562. The van der Waals surface area contributed by atoms with Crippen LogP contribution in [0.1, 0.15) is 37.9 Å². The lowest BCUT2D eigenvalue weighted by atomic mass is 9.72. The number of rotatable bonds is 4. The summed E-state index contributed by atoms with van der Waals surface area (Å²) in [5.41, 5.74) is 1.89. The molecule has 3 fully saturated rings. The van der Waals surface area contributed by atoms with Crippen molar-refractivity contribution in [3.05, 3.63) is 36.0 Å². The summed E-state index contributed by atoms with van der Waals surface area (Å²) < 4.78 is 5.36. The highest BCUT2D eigenvalue weighted by Gasteiger charge is 2.42. The maximum absolute atomic E-state index is 11.2. The van der Waals surface area contributed by atoms with Gasteiger partial charge < -0.3 is 20.8 Å². The normalized spacial score (nSPS) is 27.1. The molecule has 5 unspecified atom stereocenters. The Balaban J connectivity index is 0.00000121. The van der Waals surface area contributed by atoms with Crippen molar-refractivity contribution in [2.75, 3.05) is 20.2 Å². The summed E-state index contributed by atoms with van der Waals surface area (Å²) in [6.07, 6.45) is 4.97. The molecule has 0 saturated carbocycles. The molecule has 0 spiro atoms.